The molecule has 0 atom stereocenters. The minimum absolute atomic E-state index is 0.0276. The van der Waals surface area contributed by atoms with E-state index < -0.39 is 15.9 Å². The van der Waals surface area contributed by atoms with E-state index >= 15 is 0 Å². The molecule has 0 aliphatic carbocycles. The molecule has 1 amide bonds. The van der Waals surface area contributed by atoms with Crippen LogP contribution < -0.4 is 14.2 Å². The molecule has 1 aromatic carbocycles. The van der Waals surface area contributed by atoms with Gasteiger partial charge in [-0.1, -0.05) is 0 Å². The number of hydrogen-bond acceptors (Lipinski definition) is 7. The highest BCUT2D eigenvalue weighted by Gasteiger charge is 2.28. The van der Waals surface area contributed by atoms with Crippen LogP contribution in [0.1, 0.15) is 0 Å². The van der Waals surface area contributed by atoms with Crippen LogP contribution in [0.3, 0.4) is 0 Å². The van der Waals surface area contributed by atoms with Crippen LogP contribution in [0.2, 0.25) is 0 Å². The van der Waals surface area contributed by atoms with Gasteiger partial charge in [0, 0.05) is 19.2 Å². The first-order valence-electron chi connectivity index (χ1n) is 6.65. The van der Waals surface area contributed by atoms with Crippen LogP contribution >= 0.6 is 0 Å². The summed E-state index contributed by atoms with van der Waals surface area (Å²) in [6.45, 7) is -0.0276. The maximum Gasteiger partial charge on any atom is 0.266 e. The lowest BCUT2D eigenvalue weighted by Gasteiger charge is -2.21. The van der Waals surface area contributed by atoms with Crippen molar-refractivity contribution < 1.29 is 27.4 Å². The highest BCUT2D eigenvalue weighted by molar-refractivity contribution is 7.89. The van der Waals surface area contributed by atoms with Crippen molar-refractivity contribution in [3.8, 4) is 17.2 Å². The number of likely N-dealkylation sites (N-methyl/N-ethyl adjacent to an activating group) is 2. The number of sulfonamides is 1. The first-order valence-corrected chi connectivity index (χ1v) is 8.09. The summed E-state index contributed by atoms with van der Waals surface area (Å²) in [5.41, 5.74) is 0. The molecule has 8 nitrogen and oxygen atoms in total. The molecule has 23 heavy (non-hydrogen) atoms. The van der Waals surface area contributed by atoms with E-state index in [-0.39, 0.29) is 28.7 Å². The Kier molecular flexibility index (Phi) is 6.22. The van der Waals surface area contributed by atoms with E-state index in [1.165, 1.54) is 40.5 Å². The number of carbonyl (C=O) groups is 1. The fourth-order valence-electron chi connectivity index (χ4n) is 1.87. The van der Waals surface area contributed by atoms with Gasteiger partial charge in [0.25, 0.3) is 10.0 Å². The van der Waals surface area contributed by atoms with Gasteiger partial charge in [0.05, 0.1) is 32.8 Å². The number of nitrogens with zero attached hydrogens (tertiary/aromatic N) is 2. The summed E-state index contributed by atoms with van der Waals surface area (Å²) < 4.78 is 41.4. The molecule has 1 rings (SSSR count). The van der Waals surface area contributed by atoms with Crippen molar-refractivity contribution in [1.82, 2.24) is 9.21 Å². The summed E-state index contributed by atoms with van der Waals surface area (Å²) >= 11 is 0. The Morgan fingerprint density at radius 3 is 1.83 bits per heavy atom. The molecule has 0 saturated carbocycles. The van der Waals surface area contributed by atoms with Crippen molar-refractivity contribution in [3.05, 3.63) is 12.1 Å². The second kappa shape index (κ2) is 7.51. The van der Waals surface area contributed by atoms with Crippen LogP contribution in [0, 0.1) is 0 Å². The molecule has 9 heteroatoms. The number of rotatable bonds is 7. The van der Waals surface area contributed by atoms with Crippen LogP contribution in [0.25, 0.3) is 0 Å². The third-order valence-corrected chi connectivity index (χ3v) is 4.86. The summed E-state index contributed by atoms with van der Waals surface area (Å²) in [6, 6.07) is 2.58. The molecule has 0 spiro atoms. The minimum atomic E-state index is -4.03. The van der Waals surface area contributed by atoms with E-state index in [4.69, 9.17) is 14.2 Å². The fourth-order valence-corrected chi connectivity index (χ4v) is 3.02. The zero-order chi connectivity index (χ0) is 17.8. The Morgan fingerprint density at radius 1 is 1.00 bits per heavy atom. The molecular weight excluding hydrogens is 324 g/mol. The van der Waals surface area contributed by atoms with Gasteiger partial charge in [0.2, 0.25) is 11.7 Å². The summed E-state index contributed by atoms with van der Waals surface area (Å²) in [4.78, 5) is 13.5. The number of ether oxygens (including phenoxy) is 3. The second-order valence-electron chi connectivity index (χ2n) is 4.97. The molecular formula is C14H22N2O6S. The molecule has 0 heterocycles. The highest BCUT2D eigenvalue weighted by Crippen LogP contribution is 2.39. The third-order valence-electron chi connectivity index (χ3n) is 3.10. The molecule has 0 unspecified atom stereocenters. The Labute approximate surface area is 136 Å². The standard InChI is InChI=1S/C14H22N2O6S/c1-15(2)9-13(17)16(3)23(18,19)10-7-11(20-4)14(22-6)12(8-10)21-5/h7-8H,9H2,1-6H3. The third kappa shape index (κ3) is 4.05. The maximum absolute atomic E-state index is 12.6. The number of hydrogen-bond donors (Lipinski definition) is 0. The average molecular weight is 346 g/mol. The summed E-state index contributed by atoms with van der Waals surface area (Å²) in [5, 5.41) is 0. The molecule has 0 aliphatic rings. The number of methoxy groups -OCH3 is 3. The van der Waals surface area contributed by atoms with Gasteiger partial charge in [0.1, 0.15) is 0 Å². The van der Waals surface area contributed by atoms with E-state index in [1.807, 2.05) is 0 Å². The first kappa shape index (κ1) is 19.0. The van der Waals surface area contributed by atoms with Gasteiger partial charge in [0.15, 0.2) is 11.5 Å². The molecule has 0 N–H and O–H groups in total. The Hall–Kier alpha value is -2.00. The average Bonchev–Trinajstić information content (AvgIpc) is 2.51. The van der Waals surface area contributed by atoms with Crippen molar-refractivity contribution >= 4 is 15.9 Å². The Morgan fingerprint density at radius 2 is 1.48 bits per heavy atom. The zero-order valence-electron chi connectivity index (χ0n) is 14.1. The van der Waals surface area contributed by atoms with Gasteiger partial charge in [-0.2, -0.15) is 0 Å². The van der Waals surface area contributed by atoms with E-state index in [2.05, 4.69) is 0 Å². The molecule has 0 aromatic heterocycles. The number of benzene rings is 1. The Bertz CT molecular complexity index is 647. The first-order chi connectivity index (χ1) is 10.7. The molecule has 0 aliphatic heterocycles. The van der Waals surface area contributed by atoms with E-state index in [0.717, 1.165) is 0 Å². The predicted octanol–water partition coefficient (Wildman–Crippen LogP) is 0.421. The Balaban J connectivity index is 3.36. The molecule has 0 saturated heterocycles. The van der Waals surface area contributed by atoms with Crippen molar-refractivity contribution in [3.63, 3.8) is 0 Å². The van der Waals surface area contributed by atoms with E-state index in [1.54, 1.807) is 19.0 Å². The molecule has 0 bridgehead atoms. The van der Waals surface area contributed by atoms with Crippen molar-refractivity contribution in [1.29, 1.82) is 0 Å². The van der Waals surface area contributed by atoms with E-state index in [0.29, 0.717) is 4.31 Å². The SMILES string of the molecule is COc1cc(S(=O)(=O)N(C)C(=O)CN(C)C)cc(OC)c1OC. The summed E-state index contributed by atoms with van der Waals surface area (Å²) in [6.07, 6.45) is 0. The van der Waals surface area contributed by atoms with Crippen LogP contribution in [0.4, 0.5) is 0 Å². The molecule has 0 radical (unpaired) electrons. The van der Waals surface area contributed by atoms with Gasteiger partial charge in [-0.3, -0.25) is 4.79 Å². The van der Waals surface area contributed by atoms with Crippen molar-refractivity contribution in [2.75, 3.05) is 49.0 Å². The van der Waals surface area contributed by atoms with Gasteiger partial charge in [-0.25, -0.2) is 12.7 Å². The van der Waals surface area contributed by atoms with Crippen LogP contribution in [-0.2, 0) is 14.8 Å². The number of carbonyl (C=O) groups excluding carboxylic acids is 1. The van der Waals surface area contributed by atoms with Gasteiger partial charge < -0.3 is 19.1 Å². The highest BCUT2D eigenvalue weighted by atomic mass is 32.2. The van der Waals surface area contributed by atoms with Crippen LogP contribution in [-0.4, -0.2) is 72.5 Å². The predicted molar refractivity (Wildman–Crippen MR) is 84.6 cm³/mol. The number of amides is 1. The van der Waals surface area contributed by atoms with E-state index in [9.17, 15) is 13.2 Å². The minimum Gasteiger partial charge on any atom is -0.493 e. The van der Waals surface area contributed by atoms with Gasteiger partial charge in [-0.05, 0) is 14.1 Å². The fraction of sp³-hybridized carbons (Fsp3) is 0.500. The quantitative estimate of drug-likeness (QED) is 0.707. The summed E-state index contributed by atoms with van der Waals surface area (Å²) in [7, 11) is 4.72. The second-order valence-corrected chi connectivity index (χ2v) is 6.93. The summed E-state index contributed by atoms with van der Waals surface area (Å²) in [5.74, 6) is 0.109. The molecule has 130 valence electrons. The molecule has 1 aromatic rings. The lowest BCUT2D eigenvalue weighted by Crippen LogP contribution is -2.39. The lowest BCUT2D eigenvalue weighted by molar-refractivity contribution is -0.126. The lowest BCUT2D eigenvalue weighted by atomic mass is 10.3. The largest absolute Gasteiger partial charge is 0.493 e. The monoisotopic (exact) mass is 346 g/mol. The van der Waals surface area contributed by atoms with Crippen LogP contribution in [0.15, 0.2) is 17.0 Å². The smallest absolute Gasteiger partial charge is 0.266 e. The zero-order valence-corrected chi connectivity index (χ0v) is 14.9. The maximum atomic E-state index is 12.6. The van der Waals surface area contributed by atoms with Crippen LogP contribution in [0.5, 0.6) is 17.2 Å². The van der Waals surface area contributed by atoms with Crippen molar-refractivity contribution in [2.24, 2.45) is 0 Å². The van der Waals surface area contributed by atoms with Gasteiger partial charge >= 0.3 is 0 Å². The van der Waals surface area contributed by atoms with Crippen molar-refractivity contribution in [2.45, 2.75) is 4.90 Å². The topological polar surface area (TPSA) is 85.4 Å². The molecule has 0 fully saturated rings. The van der Waals surface area contributed by atoms with Gasteiger partial charge in [-0.15, -0.1) is 0 Å². The normalized spacial score (nSPS) is 11.3.